The van der Waals surface area contributed by atoms with Gasteiger partial charge in [0.05, 0.1) is 19.8 Å². The molecule has 0 aliphatic carbocycles. The summed E-state index contributed by atoms with van der Waals surface area (Å²) in [4.78, 5) is 26.6. The van der Waals surface area contributed by atoms with Crippen LogP contribution in [0.3, 0.4) is 0 Å². The first-order valence-electron chi connectivity index (χ1n) is 6.37. The van der Waals surface area contributed by atoms with Gasteiger partial charge in [0.1, 0.15) is 6.04 Å². The van der Waals surface area contributed by atoms with Crippen LogP contribution in [0.4, 0.5) is 0 Å². The fraction of sp³-hybridized carbons (Fsp3) is 0.538. The van der Waals surface area contributed by atoms with Crippen molar-refractivity contribution in [1.29, 1.82) is 0 Å². The van der Waals surface area contributed by atoms with Gasteiger partial charge >= 0.3 is 5.97 Å². The van der Waals surface area contributed by atoms with Crippen molar-refractivity contribution in [2.45, 2.75) is 12.6 Å². The highest BCUT2D eigenvalue weighted by Crippen LogP contribution is 2.11. The number of hydrogen-bond acceptors (Lipinski definition) is 5. The zero-order valence-corrected chi connectivity index (χ0v) is 12.1. The molecular formula is C13H18N2O4S. The van der Waals surface area contributed by atoms with Crippen molar-refractivity contribution in [1.82, 2.24) is 9.80 Å². The number of amides is 1. The number of aliphatic carboxylic acids is 1. The number of hydrogen-bond donors (Lipinski definition) is 1. The minimum atomic E-state index is -0.946. The highest BCUT2D eigenvalue weighted by molar-refractivity contribution is 7.07. The van der Waals surface area contributed by atoms with Crippen LogP contribution in [-0.4, -0.2) is 66.2 Å². The van der Waals surface area contributed by atoms with Crippen molar-refractivity contribution < 1.29 is 19.4 Å². The summed E-state index contributed by atoms with van der Waals surface area (Å²) in [5, 5.41) is 13.1. The number of morpholine rings is 1. The molecule has 1 aromatic rings. The smallest absolute Gasteiger partial charge is 0.323 e. The van der Waals surface area contributed by atoms with Gasteiger partial charge in [-0.15, -0.1) is 0 Å². The maximum Gasteiger partial charge on any atom is 0.323 e. The Morgan fingerprint density at radius 1 is 1.60 bits per heavy atom. The Labute approximate surface area is 121 Å². The van der Waals surface area contributed by atoms with Gasteiger partial charge in [0.25, 0.3) is 0 Å². The van der Waals surface area contributed by atoms with E-state index in [0.29, 0.717) is 19.7 Å². The number of nitrogens with zero attached hydrogens (tertiary/aromatic N) is 2. The highest BCUT2D eigenvalue weighted by Gasteiger charge is 2.31. The lowest BCUT2D eigenvalue weighted by Gasteiger charge is -2.33. The molecule has 6 nitrogen and oxygen atoms in total. The molecule has 2 rings (SSSR count). The molecule has 0 radical (unpaired) electrons. The van der Waals surface area contributed by atoms with Crippen LogP contribution in [0.5, 0.6) is 0 Å². The van der Waals surface area contributed by atoms with Gasteiger partial charge in [-0.2, -0.15) is 11.3 Å². The number of carbonyl (C=O) groups is 2. The van der Waals surface area contributed by atoms with Crippen LogP contribution >= 0.6 is 11.3 Å². The van der Waals surface area contributed by atoms with Gasteiger partial charge in [-0.1, -0.05) is 0 Å². The molecule has 1 saturated heterocycles. The molecule has 0 spiro atoms. The lowest BCUT2D eigenvalue weighted by Crippen LogP contribution is -2.53. The lowest BCUT2D eigenvalue weighted by molar-refractivity contribution is -0.151. The monoisotopic (exact) mass is 298 g/mol. The van der Waals surface area contributed by atoms with Crippen LogP contribution in [0.15, 0.2) is 16.8 Å². The number of ether oxygens (including phenoxy) is 1. The van der Waals surface area contributed by atoms with Crippen molar-refractivity contribution in [3.63, 3.8) is 0 Å². The number of carbonyl (C=O) groups excluding carboxylic acids is 1. The Bertz CT molecular complexity index is 463. The first-order chi connectivity index (χ1) is 9.58. The Morgan fingerprint density at radius 2 is 2.40 bits per heavy atom. The van der Waals surface area contributed by atoms with Crippen LogP contribution in [0, 0.1) is 0 Å². The number of likely N-dealkylation sites (N-methyl/N-ethyl adjacent to an activating group) is 1. The van der Waals surface area contributed by atoms with E-state index < -0.39 is 12.0 Å². The van der Waals surface area contributed by atoms with E-state index in [1.807, 2.05) is 16.8 Å². The van der Waals surface area contributed by atoms with Gasteiger partial charge in [0.15, 0.2) is 0 Å². The molecule has 1 aliphatic heterocycles. The van der Waals surface area contributed by atoms with Gasteiger partial charge in [-0.3, -0.25) is 14.5 Å². The molecule has 0 aromatic carbocycles. The predicted octanol–water partition coefficient (Wildman–Crippen LogP) is 0.492. The minimum Gasteiger partial charge on any atom is -0.480 e. The maximum atomic E-state index is 12.2. The molecule has 7 heteroatoms. The average molecular weight is 298 g/mol. The van der Waals surface area contributed by atoms with E-state index in [9.17, 15) is 9.59 Å². The third kappa shape index (κ3) is 3.78. The van der Waals surface area contributed by atoms with E-state index in [4.69, 9.17) is 9.84 Å². The Hall–Kier alpha value is -1.44. The Balaban J connectivity index is 1.90. The van der Waals surface area contributed by atoms with Gasteiger partial charge in [-0.25, -0.2) is 0 Å². The molecule has 1 N–H and O–H groups in total. The topological polar surface area (TPSA) is 70.1 Å². The van der Waals surface area contributed by atoms with Crippen LogP contribution in [0.25, 0.3) is 0 Å². The largest absolute Gasteiger partial charge is 0.480 e. The lowest BCUT2D eigenvalue weighted by atomic mass is 10.2. The van der Waals surface area contributed by atoms with E-state index in [1.54, 1.807) is 28.2 Å². The zero-order valence-electron chi connectivity index (χ0n) is 11.3. The standard InChI is InChI=1S/C13H18N2O4S/c1-14(6-10-2-5-20-9-10)12(16)7-15-3-4-19-8-11(15)13(17)18/h2,5,9,11H,3-4,6-8H2,1H3,(H,17,18). The molecule has 1 unspecified atom stereocenters. The predicted molar refractivity (Wildman–Crippen MR) is 74.6 cm³/mol. The molecule has 0 bridgehead atoms. The van der Waals surface area contributed by atoms with Gasteiger partial charge in [0.2, 0.25) is 5.91 Å². The third-order valence-corrected chi connectivity index (χ3v) is 4.02. The van der Waals surface area contributed by atoms with Gasteiger partial charge in [-0.05, 0) is 22.4 Å². The fourth-order valence-corrected chi connectivity index (χ4v) is 2.75. The molecule has 1 atom stereocenters. The second-order valence-electron chi connectivity index (χ2n) is 4.78. The molecule has 2 heterocycles. The third-order valence-electron chi connectivity index (χ3n) is 3.29. The molecule has 1 aliphatic rings. The van der Waals surface area contributed by atoms with Gasteiger partial charge in [0, 0.05) is 20.1 Å². The normalized spacial score (nSPS) is 19.8. The summed E-state index contributed by atoms with van der Waals surface area (Å²) < 4.78 is 5.15. The summed E-state index contributed by atoms with van der Waals surface area (Å²) in [6.45, 7) is 1.72. The first kappa shape index (κ1) is 15.0. The van der Waals surface area contributed by atoms with E-state index in [2.05, 4.69) is 0 Å². The highest BCUT2D eigenvalue weighted by atomic mass is 32.1. The number of thiophene rings is 1. The molecule has 1 aromatic heterocycles. The van der Waals surface area contributed by atoms with E-state index >= 15 is 0 Å². The number of rotatable bonds is 5. The van der Waals surface area contributed by atoms with Crippen molar-refractivity contribution in [3.8, 4) is 0 Å². The Kier molecular flexibility index (Phi) is 5.11. The van der Waals surface area contributed by atoms with Crippen molar-refractivity contribution in [2.75, 3.05) is 33.4 Å². The Morgan fingerprint density at radius 3 is 3.05 bits per heavy atom. The van der Waals surface area contributed by atoms with Crippen LogP contribution in [0.2, 0.25) is 0 Å². The molecule has 0 saturated carbocycles. The van der Waals surface area contributed by atoms with Gasteiger partial charge < -0.3 is 14.7 Å². The number of carboxylic acids is 1. The second kappa shape index (κ2) is 6.83. The summed E-state index contributed by atoms with van der Waals surface area (Å²) in [6, 6.07) is 1.24. The zero-order chi connectivity index (χ0) is 14.5. The van der Waals surface area contributed by atoms with Crippen LogP contribution in [-0.2, 0) is 20.9 Å². The summed E-state index contributed by atoms with van der Waals surface area (Å²) in [5.41, 5.74) is 1.09. The minimum absolute atomic E-state index is 0.0793. The summed E-state index contributed by atoms with van der Waals surface area (Å²) in [7, 11) is 1.73. The summed E-state index contributed by atoms with van der Waals surface area (Å²) in [5.74, 6) is -1.03. The van der Waals surface area contributed by atoms with Crippen molar-refractivity contribution in [3.05, 3.63) is 22.4 Å². The average Bonchev–Trinajstić information content (AvgIpc) is 2.91. The maximum absolute atomic E-state index is 12.2. The SMILES string of the molecule is CN(Cc1ccsc1)C(=O)CN1CCOCC1C(=O)O. The summed E-state index contributed by atoms with van der Waals surface area (Å²) >= 11 is 1.59. The van der Waals surface area contributed by atoms with Crippen molar-refractivity contribution in [2.24, 2.45) is 0 Å². The molecule has 1 amide bonds. The second-order valence-corrected chi connectivity index (χ2v) is 5.56. The van der Waals surface area contributed by atoms with Crippen LogP contribution in [0.1, 0.15) is 5.56 Å². The van der Waals surface area contributed by atoms with Crippen molar-refractivity contribution >= 4 is 23.2 Å². The van der Waals surface area contributed by atoms with E-state index in [1.165, 1.54) is 0 Å². The molecule has 110 valence electrons. The molecule has 20 heavy (non-hydrogen) atoms. The van der Waals surface area contributed by atoms with E-state index in [-0.39, 0.29) is 19.1 Å². The van der Waals surface area contributed by atoms with Crippen LogP contribution < -0.4 is 0 Å². The quantitative estimate of drug-likeness (QED) is 0.857. The van der Waals surface area contributed by atoms with E-state index in [0.717, 1.165) is 5.56 Å². The molecular weight excluding hydrogens is 280 g/mol. The fourth-order valence-electron chi connectivity index (χ4n) is 2.09. The number of carboxylic acid groups (broad SMARTS) is 1. The summed E-state index contributed by atoms with van der Waals surface area (Å²) in [6.07, 6.45) is 0. The first-order valence-corrected chi connectivity index (χ1v) is 7.32. The molecule has 1 fully saturated rings.